The summed E-state index contributed by atoms with van der Waals surface area (Å²) in [5.74, 6) is -1.32. The number of rotatable bonds is 11. The van der Waals surface area contributed by atoms with Crippen LogP contribution >= 0.6 is 0 Å². The van der Waals surface area contributed by atoms with Crippen LogP contribution < -0.4 is 5.32 Å². The minimum atomic E-state index is -4.40. The Balaban J connectivity index is 2.06. The average molecular weight is 452 g/mol. The van der Waals surface area contributed by atoms with Gasteiger partial charge in [-0.15, -0.1) is 0 Å². The summed E-state index contributed by atoms with van der Waals surface area (Å²) in [6.07, 6.45) is 0.361. The van der Waals surface area contributed by atoms with Gasteiger partial charge in [0, 0.05) is 37.3 Å². The number of hydrogen-bond acceptors (Lipinski definition) is 4. The zero-order valence-electron chi connectivity index (χ0n) is 18.8. The van der Waals surface area contributed by atoms with Gasteiger partial charge in [-0.25, -0.2) is 0 Å². The van der Waals surface area contributed by atoms with Crippen LogP contribution in [0.5, 0.6) is 5.75 Å². The zero-order chi connectivity index (χ0) is 23.9. The highest BCUT2D eigenvalue weighted by molar-refractivity contribution is 5.83. The number of benzene rings is 1. The number of phenolic OH excluding ortho intramolecular Hbond substituents is 1. The van der Waals surface area contributed by atoms with Gasteiger partial charge in [0.1, 0.15) is 5.75 Å². The third kappa shape index (κ3) is 6.69. The number of alkyl halides is 3. The van der Waals surface area contributed by atoms with Crippen LogP contribution in [0.1, 0.15) is 31.7 Å². The SMILES string of the molecule is C=C(C=N/C=C\C)[C@H](CC(=O)NC[C@H](Cc1ccc(O)cc1)N(C)C)C1(C(F)(F)F)CC1. The van der Waals surface area contributed by atoms with Crippen molar-refractivity contribution in [3.05, 3.63) is 54.3 Å². The molecule has 0 heterocycles. The second kappa shape index (κ2) is 10.8. The van der Waals surface area contributed by atoms with Crippen molar-refractivity contribution >= 4 is 12.1 Å². The molecule has 0 spiro atoms. The van der Waals surface area contributed by atoms with E-state index in [1.54, 1.807) is 37.3 Å². The number of aromatic hydroxyl groups is 1. The molecule has 0 bridgehead atoms. The number of nitrogens with zero attached hydrogens (tertiary/aromatic N) is 2. The quantitative estimate of drug-likeness (QED) is 0.487. The van der Waals surface area contributed by atoms with E-state index in [4.69, 9.17) is 0 Å². The van der Waals surface area contributed by atoms with Gasteiger partial charge < -0.3 is 15.3 Å². The first kappa shape index (κ1) is 25.6. The normalized spacial score (nSPS) is 17.6. The van der Waals surface area contributed by atoms with Crippen molar-refractivity contribution in [3.8, 4) is 5.75 Å². The lowest BCUT2D eigenvalue weighted by Crippen LogP contribution is -2.43. The Morgan fingerprint density at radius 2 is 1.94 bits per heavy atom. The van der Waals surface area contributed by atoms with Gasteiger partial charge in [0.2, 0.25) is 5.91 Å². The van der Waals surface area contributed by atoms with Gasteiger partial charge in [-0.1, -0.05) is 24.8 Å². The fraction of sp³-hybridized carbons (Fsp3) is 0.500. The standard InChI is InChI=1S/C24H32F3N3O2/c1-5-12-28-15-17(2)21(23(10-11-23)24(25,26)27)14-22(32)29-16-19(30(3)4)13-18-6-8-20(31)9-7-18/h5-9,12,15,19,21,31H,2,10-11,13-14,16H2,1,3-4H3,(H,29,32)/b12-5-,28-15?/t19-,21-/m0/s1. The first-order valence-electron chi connectivity index (χ1n) is 10.6. The van der Waals surface area contributed by atoms with E-state index in [1.807, 2.05) is 19.0 Å². The topological polar surface area (TPSA) is 64.9 Å². The first-order valence-corrected chi connectivity index (χ1v) is 10.6. The summed E-state index contributed by atoms with van der Waals surface area (Å²) in [5, 5.41) is 12.2. The van der Waals surface area contributed by atoms with Gasteiger partial charge in [-0.2, -0.15) is 13.2 Å². The molecule has 0 radical (unpaired) electrons. The largest absolute Gasteiger partial charge is 0.508 e. The molecule has 32 heavy (non-hydrogen) atoms. The van der Waals surface area contributed by atoms with Gasteiger partial charge in [0.05, 0.1) is 5.41 Å². The number of halogens is 3. The number of carbonyl (C=O) groups excluding carboxylic acids is 1. The maximum Gasteiger partial charge on any atom is 0.395 e. The smallest absolute Gasteiger partial charge is 0.395 e. The highest BCUT2D eigenvalue weighted by Crippen LogP contribution is 2.64. The Morgan fingerprint density at radius 1 is 1.31 bits per heavy atom. The number of carbonyl (C=O) groups is 1. The lowest BCUT2D eigenvalue weighted by Gasteiger charge is -2.30. The van der Waals surface area contributed by atoms with E-state index in [0.29, 0.717) is 6.42 Å². The van der Waals surface area contributed by atoms with Crippen molar-refractivity contribution in [1.82, 2.24) is 10.2 Å². The second-order valence-corrected chi connectivity index (χ2v) is 8.54. The predicted molar refractivity (Wildman–Crippen MR) is 121 cm³/mol. The van der Waals surface area contributed by atoms with Crippen molar-refractivity contribution in [2.24, 2.45) is 16.3 Å². The van der Waals surface area contributed by atoms with Crippen LogP contribution in [0.25, 0.3) is 0 Å². The van der Waals surface area contributed by atoms with Crippen LogP contribution in [0, 0.1) is 11.3 Å². The van der Waals surface area contributed by atoms with E-state index in [1.165, 1.54) is 12.4 Å². The molecule has 2 rings (SSSR count). The van der Waals surface area contributed by atoms with Crippen LogP contribution in [0.15, 0.2) is 53.7 Å². The van der Waals surface area contributed by atoms with E-state index < -0.39 is 23.4 Å². The average Bonchev–Trinajstić information content (AvgIpc) is 3.52. The second-order valence-electron chi connectivity index (χ2n) is 8.54. The molecular formula is C24H32F3N3O2. The molecule has 0 aliphatic heterocycles. The van der Waals surface area contributed by atoms with E-state index in [-0.39, 0.29) is 43.2 Å². The van der Waals surface area contributed by atoms with Crippen molar-refractivity contribution in [3.63, 3.8) is 0 Å². The molecule has 1 amide bonds. The maximum atomic E-state index is 13.8. The monoisotopic (exact) mass is 451 g/mol. The third-order valence-electron chi connectivity index (χ3n) is 6.01. The maximum absolute atomic E-state index is 13.8. The highest BCUT2D eigenvalue weighted by atomic mass is 19.4. The molecule has 1 aliphatic carbocycles. The van der Waals surface area contributed by atoms with E-state index >= 15 is 0 Å². The lowest BCUT2D eigenvalue weighted by molar-refractivity contribution is -0.199. The minimum absolute atomic E-state index is 0.00784. The Hall–Kier alpha value is -2.61. The van der Waals surface area contributed by atoms with Crippen LogP contribution in [-0.4, -0.2) is 55.0 Å². The summed E-state index contributed by atoms with van der Waals surface area (Å²) in [4.78, 5) is 18.6. The highest BCUT2D eigenvalue weighted by Gasteiger charge is 2.67. The van der Waals surface area contributed by atoms with Crippen molar-refractivity contribution in [1.29, 1.82) is 0 Å². The number of phenols is 1. The summed E-state index contributed by atoms with van der Waals surface area (Å²) in [6.45, 7) is 5.84. The summed E-state index contributed by atoms with van der Waals surface area (Å²) in [5.41, 5.74) is -0.714. The molecule has 1 aliphatic rings. The molecule has 176 valence electrons. The molecule has 8 heteroatoms. The van der Waals surface area contributed by atoms with Crippen molar-refractivity contribution in [2.75, 3.05) is 20.6 Å². The van der Waals surface area contributed by atoms with Crippen LogP contribution in [-0.2, 0) is 11.2 Å². The summed E-state index contributed by atoms with van der Waals surface area (Å²) in [6, 6.07) is 6.74. The molecule has 1 fully saturated rings. The predicted octanol–water partition coefficient (Wildman–Crippen LogP) is 4.49. The number of amides is 1. The first-order chi connectivity index (χ1) is 15.0. The lowest BCUT2D eigenvalue weighted by atomic mass is 9.80. The number of allylic oxidation sites excluding steroid dienone is 2. The zero-order valence-corrected chi connectivity index (χ0v) is 18.8. The van der Waals surface area contributed by atoms with E-state index in [0.717, 1.165) is 5.56 Å². The van der Waals surface area contributed by atoms with Gasteiger partial charge in [-0.05, 0) is 63.6 Å². The third-order valence-corrected chi connectivity index (χ3v) is 6.01. The van der Waals surface area contributed by atoms with Crippen molar-refractivity contribution < 1.29 is 23.1 Å². The molecule has 1 aromatic rings. The van der Waals surface area contributed by atoms with E-state index in [9.17, 15) is 23.1 Å². The van der Waals surface area contributed by atoms with Crippen LogP contribution in [0.3, 0.4) is 0 Å². The number of likely N-dealkylation sites (N-methyl/N-ethyl adjacent to an activating group) is 1. The minimum Gasteiger partial charge on any atom is -0.508 e. The van der Waals surface area contributed by atoms with Crippen molar-refractivity contribution in [2.45, 2.75) is 44.8 Å². The van der Waals surface area contributed by atoms with E-state index in [2.05, 4.69) is 16.9 Å². The molecule has 1 aromatic carbocycles. The van der Waals surface area contributed by atoms with Gasteiger partial charge in [0.15, 0.2) is 0 Å². The molecule has 5 nitrogen and oxygen atoms in total. The molecule has 0 saturated heterocycles. The Bertz CT molecular complexity index is 841. The van der Waals surface area contributed by atoms with Crippen LogP contribution in [0.2, 0.25) is 0 Å². The summed E-state index contributed by atoms with van der Waals surface area (Å²) < 4.78 is 41.3. The molecule has 0 unspecified atom stereocenters. The molecule has 2 N–H and O–H groups in total. The Labute approximate surface area is 187 Å². The van der Waals surface area contributed by atoms with Gasteiger partial charge in [0.25, 0.3) is 0 Å². The van der Waals surface area contributed by atoms with Gasteiger partial charge in [-0.3, -0.25) is 9.79 Å². The molecule has 0 aromatic heterocycles. The summed E-state index contributed by atoms with van der Waals surface area (Å²) >= 11 is 0. The number of nitrogens with one attached hydrogen (secondary N) is 1. The molecule has 1 saturated carbocycles. The van der Waals surface area contributed by atoms with Gasteiger partial charge >= 0.3 is 6.18 Å². The number of hydrogen-bond donors (Lipinski definition) is 2. The Morgan fingerprint density at radius 3 is 2.44 bits per heavy atom. The number of aliphatic imine (C=N–C) groups is 1. The molecular weight excluding hydrogens is 419 g/mol. The Kier molecular flexibility index (Phi) is 8.66. The van der Waals surface area contributed by atoms with Crippen LogP contribution in [0.4, 0.5) is 13.2 Å². The fourth-order valence-electron chi connectivity index (χ4n) is 3.79. The summed E-state index contributed by atoms with van der Waals surface area (Å²) in [7, 11) is 3.75. The fourth-order valence-corrected chi connectivity index (χ4v) is 3.79. The molecule has 2 atom stereocenters.